The van der Waals surface area contributed by atoms with Crippen LogP contribution in [0, 0.1) is 5.41 Å². The minimum atomic E-state index is 0.125. The summed E-state index contributed by atoms with van der Waals surface area (Å²) in [7, 11) is 0. The average Bonchev–Trinajstić information content (AvgIpc) is 3.06. The van der Waals surface area contributed by atoms with Crippen molar-refractivity contribution in [2.24, 2.45) is 10.4 Å². The van der Waals surface area contributed by atoms with Crippen molar-refractivity contribution in [1.29, 1.82) is 0 Å². The van der Waals surface area contributed by atoms with Gasteiger partial charge in [0.15, 0.2) is 6.29 Å². The minimum absolute atomic E-state index is 0.125. The van der Waals surface area contributed by atoms with Gasteiger partial charge in [-0.05, 0) is 30.9 Å². The highest BCUT2D eigenvalue weighted by Crippen LogP contribution is 2.45. The fourth-order valence-corrected chi connectivity index (χ4v) is 4.17. The number of nitrogens with zero attached hydrogens (tertiary/aromatic N) is 2. The number of aromatic nitrogens is 1. The molecule has 0 aliphatic carbocycles. The highest BCUT2D eigenvalue weighted by Gasteiger charge is 2.39. The number of rotatable bonds is 9. The molecule has 2 rings (SSSR count). The number of hydrogen-bond donors (Lipinski definition) is 0. The molecule has 0 bridgehead atoms. The largest absolute Gasteiger partial charge is 0.385 e. The molecule has 0 amide bonds. The van der Waals surface area contributed by atoms with Crippen molar-refractivity contribution in [2.45, 2.75) is 85.4 Å². The maximum absolute atomic E-state index is 11.7. The Morgan fingerprint density at radius 2 is 1.88 bits per heavy atom. The average molecular weight is 328 g/mol. The summed E-state index contributed by atoms with van der Waals surface area (Å²) in [6.07, 6.45) is 9.16. The molecule has 24 heavy (non-hydrogen) atoms. The summed E-state index contributed by atoms with van der Waals surface area (Å²) in [6.45, 7) is 11.6. The molecule has 1 aliphatic rings. The van der Waals surface area contributed by atoms with E-state index in [9.17, 15) is 4.79 Å². The molecule has 0 spiro atoms. The number of aldehydes is 1. The molecular formula is C20H33BN2O. The van der Waals surface area contributed by atoms with Gasteiger partial charge in [-0.15, -0.1) is 0 Å². The Balaban J connectivity index is 2.43. The monoisotopic (exact) mass is 328 g/mol. The van der Waals surface area contributed by atoms with Crippen LogP contribution in [-0.2, 0) is 0 Å². The molecule has 0 aromatic carbocycles. The molecule has 1 unspecified atom stereocenters. The zero-order valence-corrected chi connectivity index (χ0v) is 16.1. The lowest BCUT2D eigenvalue weighted by molar-refractivity contribution is 0.111. The van der Waals surface area contributed by atoms with E-state index in [2.05, 4.69) is 45.2 Å². The second-order valence-electron chi connectivity index (χ2n) is 8.04. The Kier molecular flexibility index (Phi) is 6.48. The molecule has 3 nitrogen and oxygen atoms in total. The van der Waals surface area contributed by atoms with Gasteiger partial charge < -0.3 is 4.48 Å². The van der Waals surface area contributed by atoms with Gasteiger partial charge in [0.05, 0.1) is 11.7 Å². The first-order valence-corrected chi connectivity index (χ1v) is 9.64. The Hall–Kier alpha value is -1.32. The maximum Gasteiger partial charge on any atom is 0.260 e. The number of carbonyl (C=O) groups is 1. The third-order valence-electron chi connectivity index (χ3n) is 5.33. The smallest absolute Gasteiger partial charge is 0.260 e. The van der Waals surface area contributed by atoms with Crippen molar-refractivity contribution in [3.05, 3.63) is 23.5 Å². The van der Waals surface area contributed by atoms with Crippen LogP contribution in [0.4, 0.5) is 0 Å². The number of unbranched alkanes of at least 4 members (excludes halogenated alkanes) is 2. The summed E-state index contributed by atoms with van der Waals surface area (Å²) >= 11 is 0. The third-order valence-corrected chi connectivity index (χ3v) is 5.33. The van der Waals surface area contributed by atoms with Gasteiger partial charge in [-0.2, -0.15) is 0 Å². The molecule has 0 radical (unpaired) electrons. The van der Waals surface area contributed by atoms with E-state index in [4.69, 9.17) is 4.99 Å². The van der Waals surface area contributed by atoms with E-state index in [1.165, 1.54) is 37.1 Å². The molecule has 2 heterocycles. The van der Waals surface area contributed by atoms with Crippen molar-refractivity contribution in [3.63, 3.8) is 0 Å². The predicted molar refractivity (Wildman–Crippen MR) is 105 cm³/mol. The van der Waals surface area contributed by atoms with Crippen molar-refractivity contribution >= 4 is 18.8 Å². The second-order valence-corrected chi connectivity index (χ2v) is 8.04. The molecule has 1 aliphatic heterocycles. The number of aliphatic imine (C=N–C) groups is 1. The Morgan fingerprint density at radius 1 is 1.25 bits per heavy atom. The zero-order chi connectivity index (χ0) is 17.7. The quantitative estimate of drug-likeness (QED) is 0.424. The van der Waals surface area contributed by atoms with Crippen molar-refractivity contribution < 1.29 is 4.79 Å². The van der Waals surface area contributed by atoms with Gasteiger partial charge in [-0.25, -0.2) is 0 Å². The molecule has 1 aromatic rings. The van der Waals surface area contributed by atoms with Crippen LogP contribution in [0.25, 0.3) is 0 Å². The molecule has 1 atom stereocenters. The lowest BCUT2D eigenvalue weighted by Crippen LogP contribution is -2.30. The molecule has 0 fully saturated rings. The van der Waals surface area contributed by atoms with Gasteiger partial charge in [0.2, 0.25) is 0 Å². The van der Waals surface area contributed by atoms with E-state index < -0.39 is 0 Å². The lowest BCUT2D eigenvalue weighted by atomic mass is 9.53. The summed E-state index contributed by atoms with van der Waals surface area (Å²) < 4.78 is 2.33. The lowest BCUT2D eigenvalue weighted by Gasteiger charge is -2.29. The molecule has 0 saturated heterocycles. The van der Waals surface area contributed by atoms with Crippen LogP contribution in [0.2, 0.25) is 12.6 Å². The van der Waals surface area contributed by atoms with E-state index in [1.807, 2.05) is 6.07 Å². The molecule has 4 heteroatoms. The summed E-state index contributed by atoms with van der Waals surface area (Å²) in [5.74, 6) is 0. The minimum Gasteiger partial charge on any atom is -0.385 e. The van der Waals surface area contributed by atoms with Crippen LogP contribution in [0.1, 0.15) is 88.9 Å². The fraction of sp³-hybridized carbons (Fsp3) is 0.700. The van der Waals surface area contributed by atoms with E-state index in [-0.39, 0.29) is 11.5 Å². The molecule has 0 saturated carbocycles. The highest BCUT2D eigenvalue weighted by molar-refractivity contribution is 6.57. The summed E-state index contributed by atoms with van der Waals surface area (Å²) in [5, 5.41) is 0. The van der Waals surface area contributed by atoms with Crippen LogP contribution >= 0.6 is 0 Å². The number of hydrogen-bond acceptors (Lipinski definition) is 2. The third kappa shape index (κ3) is 4.01. The summed E-state index contributed by atoms with van der Waals surface area (Å²) in [6, 6.07) is 4.30. The van der Waals surface area contributed by atoms with Gasteiger partial charge in [0.1, 0.15) is 0 Å². The van der Waals surface area contributed by atoms with Crippen LogP contribution < -0.4 is 0 Å². The Morgan fingerprint density at radius 3 is 2.33 bits per heavy atom. The standard InChI is InChI=1S/C20H33BN2O/c1-6-8-12-21(13-9-7-2)23-17(15-24)10-11-18(23)19-20(4,5)14-16(3)22-19/h10-11,15,19H,6-9,12-14H2,1-5H3. The zero-order valence-electron chi connectivity index (χ0n) is 16.1. The molecule has 0 N–H and O–H groups in total. The maximum atomic E-state index is 11.7. The first-order valence-electron chi connectivity index (χ1n) is 9.64. The van der Waals surface area contributed by atoms with Gasteiger partial charge >= 0.3 is 0 Å². The highest BCUT2D eigenvalue weighted by atomic mass is 16.1. The van der Waals surface area contributed by atoms with Crippen LogP contribution in [-0.4, -0.2) is 23.3 Å². The molecule has 132 valence electrons. The second kappa shape index (κ2) is 8.18. The first-order chi connectivity index (χ1) is 11.4. The Labute approximate surface area is 148 Å². The Bertz CT molecular complexity index is 580. The van der Waals surface area contributed by atoms with Gasteiger partial charge in [0.25, 0.3) is 6.85 Å². The topological polar surface area (TPSA) is 34.4 Å². The molecule has 1 aromatic heterocycles. The van der Waals surface area contributed by atoms with E-state index in [0.717, 1.165) is 31.0 Å². The first kappa shape index (κ1) is 19.0. The van der Waals surface area contributed by atoms with E-state index >= 15 is 0 Å². The van der Waals surface area contributed by atoms with Crippen molar-refractivity contribution in [2.75, 3.05) is 0 Å². The van der Waals surface area contributed by atoms with E-state index in [0.29, 0.717) is 6.85 Å². The van der Waals surface area contributed by atoms with Crippen molar-refractivity contribution in [3.8, 4) is 0 Å². The van der Waals surface area contributed by atoms with Crippen LogP contribution in [0.5, 0.6) is 0 Å². The number of carbonyl (C=O) groups excluding carboxylic acids is 1. The SMILES string of the molecule is CCCCB(CCCC)n1c(C=O)ccc1C1N=C(C)CC1(C)C. The summed E-state index contributed by atoms with van der Waals surface area (Å²) in [5.41, 5.74) is 3.40. The molecular weight excluding hydrogens is 295 g/mol. The normalized spacial score (nSPS) is 19.4. The van der Waals surface area contributed by atoms with Gasteiger partial charge in [-0.1, -0.05) is 66.0 Å². The van der Waals surface area contributed by atoms with Gasteiger partial charge in [-0.3, -0.25) is 9.79 Å². The van der Waals surface area contributed by atoms with Crippen LogP contribution in [0.15, 0.2) is 17.1 Å². The van der Waals surface area contributed by atoms with E-state index in [1.54, 1.807) is 0 Å². The van der Waals surface area contributed by atoms with Crippen molar-refractivity contribution in [1.82, 2.24) is 4.48 Å². The van der Waals surface area contributed by atoms with Crippen LogP contribution in [0.3, 0.4) is 0 Å². The predicted octanol–water partition coefficient (Wildman–Crippen LogP) is 5.67. The fourth-order valence-electron chi connectivity index (χ4n) is 4.17. The van der Waals surface area contributed by atoms with Gasteiger partial charge in [0, 0.05) is 11.4 Å². The summed E-state index contributed by atoms with van der Waals surface area (Å²) in [4.78, 5) is 16.6.